The number of halogens is 1. The third-order valence-electron chi connectivity index (χ3n) is 3.67. The molecule has 0 spiro atoms. The van der Waals surface area contributed by atoms with E-state index in [1.54, 1.807) is 6.07 Å². The van der Waals surface area contributed by atoms with E-state index in [-0.39, 0.29) is 12.2 Å². The molecule has 0 radical (unpaired) electrons. The largest absolute Gasteiger partial charge is 0.397 e. The van der Waals surface area contributed by atoms with Crippen LogP contribution in [0.3, 0.4) is 0 Å². The fourth-order valence-electron chi connectivity index (χ4n) is 2.68. The normalized spacial score (nSPS) is 27.2. The minimum Gasteiger partial charge on any atom is -0.397 e. The van der Waals surface area contributed by atoms with E-state index in [1.807, 2.05) is 17.1 Å². The Bertz CT molecular complexity index is 517. The molecule has 0 bridgehead atoms. The summed E-state index contributed by atoms with van der Waals surface area (Å²) < 4.78 is 5.41. The summed E-state index contributed by atoms with van der Waals surface area (Å²) in [4.78, 5) is 2.34. The standard InChI is InChI=1S/C13H18ClN5O/c1-9-13(18-4-6-20-7-5-18)19(17-16-9)12-3-2-10(14)8-11(12)15/h2-3,8-9,13H,4-7,15H2,1H3. The number of ether oxygens (including phenoxy) is 1. The molecule has 2 aliphatic heterocycles. The molecule has 0 aliphatic carbocycles. The van der Waals surface area contributed by atoms with E-state index in [1.165, 1.54) is 0 Å². The molecule has 1 aromatic rings. The van der Waals surface area contributed by atoms with Gasteiger partial charge in [0.15, 0.2) is 0 Å². The van der Waals surface area contributed by atoms with Crippen LogP contribution in [0.15, 0.2) is 28.5 Å². The Morgan fingerprint density at radius 1 is 1.35 bits per heavy atom. The molecule has 6 nitrogen and oxygen atoms in total. The highest BCUT2D eigenvalue weighted by atomic mass is 35.5. The molecule has 0 amide bonds. The van der Waals surface area contributed by atoms with Gasteiger partial charge in [-0.1, -0.05) is 16.8 Å². The van der Waals surface area contributed by atoms with Crippen molar-refractivity contribution < 1.29 is 4.74 Å². The van der Waals surface area contributed by atoms with E-state index in [9.17, 15) is 0 Å². The van der Waals surface area contributed by atoms with Crippen LogP contribution in [0.2, 0.25) is 5.02 Å². The number of nitrogens with zero attached hydrogens (tertiary/aromatic N) is 4. The second kappa shape index (κ2) is 5.55. The zero-order valence-electron chi connectivity index (χ0n) is 11.4. The van der Waals surface area contributed by atoms with E-state index >= 15 is 0 Å². The number of nitrogen functional groups attached to an aromatic ring is 1. The Morgan fingerprint density at radius 3 is 2.80 bits per heavy atom. The number of anilines is 2. The summed E-state index contributed by atoms with van der Waals surface area (Å²) >= 11 is 5.96. The molecule has 1 aromatic carbocycles. The summed E-state index contributed by atoms with van der Waals surface area (Å²) in [5.74, 6) is 0. The third-order valence-corrected chi connectivity index (χ3v) is 3.90. The minimum atomic E-state index is 0.0855. The summed E-state index contributed by atoms with van der Waals surface area (Å²) in [6, 6.07) is 5.55. The molecule has 20 heavy (non-hydrogen) atoms. The van der Waals surface area contributed by atoms with Gasteiger partial charge in [0.2, 0.25) is 0 Å². The first kappa shape index (κ1) is 13.6. The van der Waals surface area contributed by atoms with Crippen LogP contribution in [0.25, 0.3) is 0 Å². The average molecular weight is 296 g/mol. The molecular formula is C13H18ClN5O. The van der Waals surface area contributed by atoms with E-state index in [2.05, 4.69) is 22.2 Å². The van der Waals surface area contributed by atoms with Crippen LogP contribution in [0, 0.1) is 0 Å². The topological polar surface area (TPSA) is 66.5 Å². The molecule has 0 aromatic heterocycles. The van der Waals surface area contributed by atoms with Crippen molar-refractivity contribution >= 4 is 23.0 Å². The molecule has 1 saturated heterocycles. The van der Waals surface area contributed by atoms with Crippen LogP contribution >= 0.6 is 11.6 Å². The van der Waals surface area contributed by atoms with Crippen LogP contribution in [0.5, 0.6) is 0 Å². The lowest BCUT2D eigenvalue weighted by Gasteiger charge is -2.37. The molecule has 7 heteroatoms. The summed E-state index contributed by atoms with van der Waals surface area (Å²) in [7, 11) is 0. The lowest BCUT2D eigenvalue weighted by molar-refractivity contribution is 0.0153. The lowest BCUT2D eigenvalue weighted by Crippen LogP contribution is -2.53. The monoisotopic (exact) mass is 295 g/mol. The van der Waals surface area contributed by atoms with Crippen LogP contribution in [-0.4, -0.2) is 43.4 Å². The summed E-state index contributed by atoms with van der Waals surface area (Å²) in [5, 5.41) is 11.1. The van der Waals surface area contributed by atoms with Crippen molar-refractivity contribution in [2.24, 2.45) is 10.3 Å². The van der Waals surface area contributed by atoms with Crippen LogP contribution in [0.1, 0.15) is 6.92 Å². The Morgan fingerprint density at radius 2 is 2.10 bits per heavy atom. The molecule has 108 valence electrons. The molecule has 2 unspecified atom stereocenters. The van der Waals surface area contributed by atoms with Gasteiger partial charge in [-0.2, -0.15) is 5.11 Å². The van der Waals surface area contributed by atoms with Gasteiger partial charge in [-0.15, -0.1) is 0 Å². The van der Waals surface area contributed by atoms with Gasteiger partial charge in [0.1, 0.15) is 12.2 Å². The Balaban J connectivity index is 1.88. The highest BCUT2D eigenvalue weighted by Crippen LogP contribution is 2.33. The quantitative estimate of drug-likeness (QED) is 0.849. The van der Waals surface area contributed by atoms with Gasteiger partial charge in [0.25, 0.3) is 0 Å². The van der Waals surface area contributed by atoms with Crippen LogP contribution < -0.4 is 10.7 Å². The van der Waals surface area contributed by atoms with Crippen LogP contribution in [0.4, 0.5) is 11.4 Å². The zero-order chi connectivity index (χ0) is 14.1. The number of benzene rings is 1. The van der Waals surface area contributed by atoms with Crippen molar-refractivity contribution in [3.63, 3.8) is 0 Å². The molecule has 3 rings (SSSR count). The molecule has 2 N–H and O–H groups in total. The fourth-order valence-corrected chi connectivity index (χ4v) is 2.86. The highest BCUT2D eigenvalue weighted by Gasteiger charge is 2.36. The summed E-state index contributed by atoms with van der Waals surface area (Å²) in [5.41, 5.74) is 7.53. The molecule has 2 atom stereocenters. The van der Waals surface area contributed by atoms with Gasteiger partial charge in [0.05, 0.1) is 24.6 Å². The first-order valence-corrected chi connectivity index (χ1v) is 7.11. The molecule has 1 fully saturated rings. The van der Waals surface area contributed by atoms with Gasteiger partial charge in [-0.3, -0.25) is 4.90 Å². The third kappa shape index (κ3) is 2.46. The molecule has 2 heterocycles. The maximum atomic E-state index is 6.07. The van der Waals surface area contributed by atoms with E-state index in [0.29, 0.717) is 10.7 Å². The minimum absolute atomic E-state index is 0.0855. The Hall–Kier alpha value is -1.37. The predicted octanol–water partition coefficient (Wildman–Crippen LogP) is 2.16. The SMILES string of the molecule is CC1N=NN(c2ccc(Cl)cc2N)C1N1CCOCC1. The number of hydrogen-bond acceptors (Lipinski definition) is 6. The highest BCUT2D eigenvalue weighted by molar-refractivity contribution is 6.31. The van der Waals surface area contributed by atoms with Gasteiger partial charge >= 0.3 is 0 Å². The van der Waals surface area contributed by atoms with E-state index < -0.39 is 0 Å². The van der Waals surface area contributed by atoms with Crippen molar-refractivity contribution in [3.05, 3.63) is 23.2 Å². The first-order valence-electron chi connectivity index (χ1n) is 6.73. The number of morpholine rings is 1. The second-order valence-corrected chi connectivity index (χ2v) is 5.49. The Kier molecular flexibility index (Phi) is 3.78. The van der Waals surface area contributed by atoms with E-state index in [0.717, 1.165) is 32.0 Å². The second-order valence-electron chi connectivity index (χ2n) is 5.06. The fraction of sp³-hybridized carbons (Fsp3) is 0.538. The molecule has 0 saturated carbocycles. The average Bonchev–Trinajstić information content (AvgIpc) is 2.81. The predicted molar refractivity (Wildman–Crippen MR) is 78.8 cm³/mol. The van der Waals surface area contributed by atoms with Crippen molar-refractivity contribution in [3.8, 4) is 0 Å². The smallest absolute Gasteiger partial charge is 0.131 e. The van der Waals surface area contributed by atoms with E-state index in [4.69, 9.17) is 22.1 Å². The number of nitrogens with two attached hydrogens (primary N) is 1. The first-order chi connectivity index (χ1) is 9.66. The van der Waals surface area contributed by atoms with Crippen molar-refractivity contribution in [1.82, 2.24) is 4.90 Å². The lowest BCUT2D eigenvalue weighted by atomic mass is 10.2. The van der Waals surface area contributed by atoms with Gasteiger partial charge in [0, 0.05) is 18.1 Å². The summed E-state index contributed by atoms with van der Waals surface area (Å²) in [6.07, 6.45) is 0.0855. The molecular weight excluding hydrogens is 278 g/mol. The van der Waals surface area contributed by atoms with Crippen molar-refractivity contribution in [1.29, 1.82) is 0 Å². The molecule has 2 aliphatic rings. The van der Waals surface area contributed by atoms with Gasteiger partial charge in [-0.25, -0.2) is 5.01 Å². The summed E-state index contributed by atoms with van der Waals surface area (Å²) in [6.45, 7) is 5.31. The van der Waals surface area contributed by atoms with Crippen molar-refractivity contribution in [2.45, 2.75) is 19.1 Å². The van der Waals surface area contributed by atoms with Crippen molar-refractivity contribution in [2.75, 3.05) is 37.0 Å². The Labute approximate surface area is 123 Å². The number of hydrogen-bond donors (Lipinski definition) is 1. The van der Waals surface area contributed by atoms with Gasteiger partial charge < -0.3 is 10.5 Å². The zero-order valence-corrected chi connectivity index (χ0v) is 12.1. The number of rotatable bonds is 2. The maximum Gasteiger partial charge on any atom is 0.131 e. The maximum absolute atomic E-state index is 6.07. The van der Waals surface area contributed by atoms with Gasteiger partial charge in [-0.05, 0) is 25.1 Å². The van der Waals surface area contributed by atoms with Crippen LogP contribution in [-0.2, 0) is 4.74 Å².